The highest BCUT2D eigenvalue weighted by Crippen LogP contribution is 2.14. The lowest BCUT2D eigenvalue weighted by Crippen LogP contribution is -2.05. The van der Waals surface area contributed by atoms with Crippen molar-refractivity contribution in [3.8, 4) is 0 Å². The summed E-state index contributed by atoms with van der Waals surface area (Å²) >= 11 is 1.38. The van der Waals surface area contributed by atoms with E-state index in [9.17, 15) is 9.18 Å². The van der Waals surface area contributed by atoms with Gasteiger partial charge in [-0.2, -0.15) is 0 Å². The number of carbonyl (C=O) groups excluding carboxylic acids is 1. The van der Waals surface area contributed by atoms with Gasteiger partial charge < -0.3 is 10.5 Å². The van der Waals surface area contributed by atoms with Crippen molar-refractivity contribution >= 4 is 23.0 Å². The first-order valence-electron chi connectivity index (χ1n) is 4.76. The molecule has 0 spiro atoms. The molecule has 0 saturated heterocycles. The average Bonchev–Trinajstić information content (AvgIpc) is 2.82. The van der Waals surface area contributed by atoms with Crippen molar-refractivity contribution in [1.29, 1.82) is 0 Å². The van der Waals surface area contributed by atoms with E-state index in [2.05, 4.69) is 4.98 Å². The lowest BCUT2D eigenvalue weighted by molar-refractivity contribution is 0.0476. The molecule has 1 aromatic carbocycles. The molecule has 2 rings (SSSR count). The predicted molar refractivity (Wildman–Crippen MR) is 62.0 cm³/mol. The number of benzene rings is 1. The third-order valence-corrected chi connectivity index (χ3v) is 2.82. The Morgan fingerprint density at radius 3 is 3.00 bits per heavy atom. The second kappa shape index (κ2) is 4.92. The Labute approximate surface area is 101 Å². The van der Waals surface area contributed by atoms with Crippen LogP contribution in [0, 0.1) is 5.82 Å². The van der Waals surface area contributed by atoms with Crippen molar-refractivity contribution in [2.24, 2.45) is 0 Å². The van der Waals surface area contributed by atoms with Crippen LogP contribution in [0.15, 0.2) is 29.9 Å². The van der Waals surface area contributed by atoms with Crippen LogP contribution < -0.4 is 5.73 Å². The van der Waals surface area contributed by atoms with E-state index in [4.69, 9.17) is 10.5 Å². The van der Waals surface area contributed by atoms with Crippen LogP contribution in [0.3, 0.4) is 0 Å². The SMILES string of the molecule is Nc1ccc(C(=O)OCc2cncs2)cc1F. The highest BCUT2D eigenvalue weighted by molar-refractivity contribution is 7.09. The van der Waals surface area contributed by atoms with Crippen molar-refractivity contribution in [1.82, 2.24) is 4.98 Å². The van der Waals surface area contributed by atoms with E-state index < -0.39 is 11.8 Å². The minimum atomic E-state index is -0.628. The molecule has 1 aromatic heterocycles. The number of hydrogen-bond acceptors (Lipinski definition) is 5. The van der Waals surface area contributed by atoms with Gasteiger partial charge in [0.25, 0.3) is 0 Å². The zero-order chi connectivity index (χ0) is 12.3. The van der Waals surface area contributed by atoms with Crippen molar-refractivity contribution in [2.75, 3.05) is 5.73 Å². The summed E-state index contributed by atoms with van der Waals surface area (Å²) in [5.74, 6) is -1.21. The molecule has 88 valence electrons. The summed E-state index contributed by atoms with van der Waals surface area (Å²) in [5, 5.41) is 0. The number of nitrogen functional groups attached to an aromatic ring is 1. The number of thiazole rings is 1. The van der Waals surface area contributed by atoms with Gasteiger partial charge in [-0.1, -0.05) is 0 Å². The van der Waals surface area contributed by atoms with E-state index in [0.717, 1.165) is 10.9 Å². The fourth-order valence-electron chi connectivity index (χ4n) is 1.19. The zero-order valence-corrected chi connectivity index (χ0v) is 9.54. The summed E-state index contributed by atoms with van der Waals surface area (Å²) in [5.41, 5.74) is 7.09. The first-order chi connectivity index (χ1) is 8.16. The number of anilines is 1. The fourth-order valence-corrected chi connectivity index (χ4v) is 1.69. The van der Waals surface area contributed by atoms with Gasteiger partial charge in [0.05, 0.1) is 21.6 Å². The Kier molecular flexibility index (Phi) is 3.34. The molecule has 2 N–H and O–H groups in total. The Morgan fingerprint density at radius 2 is 2.35 bits per heavy atom. The summed E-state index contributed by atoms with van der Waals surface area (Å²) in [4.78, 5) is 16.2. The molecule has 0 aliphatic carbocycles. The van der Waals surface area contributed by atoms with Gasteiger partial charge in [-0.3, -0.25) is 4.98 Å². The third-order valence-electron chi connectivity index (χ3n) is 2.07. The zero-order valence-electron chi connectivity index (χ0n) is 8.72. The summed E-state index contributed by atoms with van der Waals surface area (Å²) < 4.78 is 18.1. The average molecular weight is 252 g/mol. The van der Waals surface area contributed by atoms with Crippen LogP contribution in [-0.4, -0.2) is 11.0 Å². The van der Waals surface area contributed by atoms with Crippen LogP contribution in [0.5, 0.6) is 0 Å². The lowest BCUT2D eigenvalue weighted by Gasteiger charge is -2.04. The minimum absolute atomic E-state index is 0.00371. The summed E-state index contributed by atoms with van der Waals surface area (Å²) in [6.07, 6.45) is 1.61. The number of aromatic nitrogens is 1. The monoisotopic (exact) mass is 252 g/mol. The molecule has 0 radical (unpaired) electrons. The van der Waals surface area contributed by atoms with Gasteiger partial charge >= 0.3 is 5.97 Å². The van der Waals surface area contributed by atoms with E-state index in [1.54, 1.807) is 11.7 Å². The highest BCUT2D eigenvalue weighted by Gasteiger charge is 2.10. The van der Waals surface area contributed by atoms with Crippen molar-refractivity contribution in [3.63, 3.8) is 0 Å². The van der Waals surface area contributed by atoms with E-state index in [-0.39, 0.29) is 17.9 Å². The smallest absolute Gasteiger partial charge is 0.338 e. The fraction of sp³-hybridized carbons (Fsp3) is 0.0909. The third kappa shape index (κ3) is 2.79. The van der Waals surface area contributed by atoms with E-state index in [1.807, 2.05) is 0 Å². The topological polar surface area (TPSA) is 65.2 Å². The van der Waals surface area contributed by atoms with Gasteiger partial charge in [-0.05, 0) is 18.2 Å². The molecular formula is C11H9FN2O2S. The van der Waals surface area contributed by atoms with Crippen molar-refractivity contribution < 1.29 is 13.9 Å². The standard InChI is InChI=1S/C11H9FN2O2S/c12-9-3-7(1-2-10(9)13)11(15)16-5-8-4-14-6-17-8/h1-4,6H,5,13H2. The first-order valence-corrected chi connectivity index (χ1v) is 5.64. The molecule has 0 aliphatic rings. The molecule has 0 aliphatic heterocycles. The van der Waals surface area contributed by atoms with Gasteiger partial charge in [0, 0.05) is 6.20 Å². The Hall–Kier alpha value is -1.95. The van der Waals surface area contributed by atoms with Gasteiger partial charge in [0.1, 0.15) is 12.4 Å². The maximum Gasteiger partial charge on any atom is 0.338 e. The lowest BCUT2D eigenvalue weighted by atomic mass is 10.2. The Bertz CT molecular complexity index is 528. The molecule has 17 heavy (non-hydrogen) atoms. The number of rotatable bonds is 3. The number of esters is 1. The number of nitrogens with zero attached hydrogens (tertiary/aromatic N) is 1. The maximum atomic E-state index is 13.1. The molecule has 0 unspecified atom stereocenters. The number of ether oxygens (including phenoxy) is 1. The molecule has 0 amide bonds. The van der Waals surface area contributed by atoms with Crippen LogP contribution in [0.25, 0.3) is 0 Å². The van der Waals surface area contributed by atoms with Crippen LogP contribution in [0.4, 0.5) is 10.1 Å². The van der Waals surface area contributed by atoms with Crippen LogP contribution in [0.1, 0.15) is 15.2 Å². The normalized spacial score (nSPS) is 10.2. The summed E-state index contributed by atoms with van der Waals surface area (Å²) in [6, 6.07) is 3.82. The largest absolute Gasteiger partial charge is 0.456 e. The second-order valence-electron chi connectivity index (χ2n) is 3.28. The molecular weight excluding hydrogens is 243 g/mol. The van der Waals surface area contributed by atoms with Crippen molar-refractivity contribution in [3.05, 3.63) is 46.2 Å². The quantitative estimate of drug-likeness (QED) is 0.672. The summed E-state index contributed by atoms with van der Waals surface area (Å²) in [6.45, 7) is 0.134. The molecule has 0 saturated carbocycles. The second-order valence-corrected chi connectivity index (χ2v) is 4.25. The van der Waals surface area contributed by atoms with Crippen molar-refractivity contribution in [2.45, 2.75) is 6.61 Å². The van der Waals surface area contributed by atoms with Gasteiger partial charge in [-0.25, -0.2) is 9.18 Å². The molecule has 2 aromatic rings. The van der Waals surface area contributed by atoms with Gasteiger partial charge in [0.2, 0.25) is 0 Å². The molecule has 0 bridgehead atoms. The van der Waals surface area contributed by atoms with Gasteiger partial charge in [-0.15, -0.1) is 11.3 Å². The van der Waals surface area contributed by atoms with Crippen LogP contribution in [0.2, 0.25) is 0 Å². The van der Waals surface area contributed by atoms with Crippen LogP contribution >= 0.6 is 11.3 Å². The van der Waals surface area contributed by atoms with E-state index >= 15 is 0 Å². The number of halogens is 1. The molecule has 0 fully saturated rings. The number of carbonyl (C=O) groups is 1. The molecule has 1 heterocycles. The highest BCUT2D eigenvalue weighted by atomic mass is 32.1. The van der Waals surface area contributed by atoms with E-state index in [1.165, 1.54) is 23.5 Å². The number of hydrogen-bond donors (Lipinski definition) is 1. The Balaban J connectivity index is 2.02. The minimum Gasteiger partial charge on any atom is -0.456 e. The molecule has 6 heteroatoms. The first kappa shape index (κ1) is 11.5. The van der Waals surface area contributed by atoms with Gasteiger partial charge in [0.15, 0.2) is 0 Å². The molecule has 0 atom stereocenters. The van der Waals surface area contributed by atoms with E-state index in [0.29, 0.717) is 0 Å². The molecule has 4 nitrogen and oxygen atoms in total. The van der Waals surface area contributed by atoms with Crippen LogP contribution in [-0.2, 0) is 11.3 Å². The maximum absolute atomic E-state index is 13.1. The number of nitrogens with two attached hydrogens (primary N) is 1. The predicted octanol–water partition coefficient (Wildman–Crippen LogP) is 2.22. The Morgan fingerprint density at radius 1 is 1.53 bits per heavy atom. The summed E-state index contributed by atoms with van der Waals surface area (Å²) in [7, 11) is 0.